The monoisotopic (exact) mass is 213 g/mol. The fraction of sp³-hybridized carbons (Fsp3) is 0.500. The summed E-state index contributed by atoms with van der Waals surface area (Å²) in [6.45, 7) is 3.69. The lowest BCUT2D eigenvalue weighted by molar-refractivity contribution is -0.145. The average Bonchev–Trinajstić information content (AvgIpc) is 2.67. The Morgan fingerprint density at radius 1 is 1.57 bits per heavy atom. The third kappa shape index (κ3) is 1.90. The molecule has 0 radical (unpaired) electrons. The minimum Gasteiger partial charge on any atom is -0.467 e. The van der Waals surface area contributed by atoms with Crippen molar-refractivity contribution >= 4 is 22.3 Å². The first kappa shape index (κ1) is 11.0. The van der Waals surface area contributed by atoms with Gasteiger partial charge in [0, 0.05) is 7.05 Å². The molecule has 0 aliphatic carbocycles. The quantitative estimate of drug-likeness (QED) is 0.720. The maximum Gasteiger partial charge on any atom is 0.331 e. The summed E-state index contributed by atoms with van der Waals surface area (Å²) in [5, 5.41) is 3.04. The molecule has 0 fully saturated rings. The molecular weight excluding hydrogens is 198 g/mol. The molecule has 0 atom stereocenters. The van der Waals surface area contributed by atoms with E-state index in [-0.39, 0.29) is 5.97 Å². The van der Waals surface area contributed by atoms with Crippen LogP contribution < -0.4 is 4.90 Å². The normalized spacial score (nSPS) is 11.1. The number of likely N-dealkylation sites (N-methyl/N-ethyl adjacent to an activating group) is 1. The Morgan fingerprint density at radius 3 is 2.64 bits per heavy atom. The highest BCUT2D eigenvalue weighted by Crippen LogP contribution is 2.27. The standard InChI is InChI=1S/C10H15NO2S/c1-10(2,9(12)13-4)11(3)8-6-5-7-14-8/h5-7H,1-4H3. The van der Waals surface area contributed by atoms with E-state index in [1.807, 2.05) is 43.3 Å². The summed E-state index contributed by atoms with van der Waals surface area (Å²) in [6, 6.07) is 3.94. The third-order valence-corrected chi connectivity index (χ3v) is 3.30. The molecule has 0 saturated carbocycles. The molecule has 0 amide bonds. The Labute approximate surface area is 88.3 Å². The van der Waals surface area contributed by atoms with Crippen LogP contribution in [0.2, 0.25) is 0 Å². The first-order valence-electron chi connectivity index (χ1n) is 4.36. The van der Waals surface area contributed by atoms with Crippen LogP contribution in [0.25, 0.3) is 0 Å². The third-order valence-electron chi connectivity index (χ3n) is 2.36. The van der Waals surface area contributed by atoms with Crippen LogP contribution in [-0.2, 0) is 9.53 Å². The van der Waals surface area contributed by atoms with Gasteiger partial charge in [0.25, 0.3) is 0 Å². The van der Waals surface area contributed by atoms with Crippen molar-refractivity contribution in [1.29, 1.82) is 0 Å². The number of ether oxygens (including phenoxy) is 1. The zero-order valence-electron chi connectivity index (χ0n) is 8.90. The van der Waals surface area contributed by atoms with Gasteiger partial charge in [-0.15, -0.1) is 11.3 Å². The van der Waals surface area contributed by atoms with Crippen molar-refractivity contribution in [2.75, 3.05) is 19.1 Å². The van der Waals surface area contributed by atoms with Gasteiger partial charge < -0.3 is 9.64 Å². The molecular formula is C10H15NO2S. The van der Waals surface area contributed by atoms with E-state index in [1.165, 1.54) is 7.11 Å². The van der Waals surface area contributed by atoms with E-state index in [4.69, 9.17) is 4.74 Å². The molecule has 0 spiro atoms. The van der Waals surface area contributed by atoms with Gasteiger partial charge in [0.15, 0.2) is 0 Å². The molecule has 78 valence electrons. The van der Waals surface area contributed by atoms with E-state index in [1.54, 1.807) is 11.3 Å². The largest absolute Gasteiger partial charge is 0.467 e. The van der Waals surface area contributed by atoms with E-state index < -0.39 is 5.54 Å². The minimum absolute atomic E-state index is 0.228. The number of hydrogen-bond donors (Lipinski definition) is 0. The van der Waals surface area contributed by atoms with Gasteiger partial charge in [-0.3, -0.25) is 0 Å². The van der Waals surface area contributed by atoms with Gasteiger partial charge in [0.2, 0.25) is 0 Å². The predicted molar refractivity (Wildman–Crippen MR) is 58.8 cm³/mol. The molecule has 1 rings (SSSR count). The van der Waals surface area contributed by atoms with E-state index in [2.05, 4.69) is 0 Å². The Morgan fingerprint density at radius 2 is 2.21 bits per heavy atom. The minimum atomic E-state index is -0.625. The maximum atomic E-state index is 11.5. The van der Waals surface area contributed by atoms with Gasteiger partial charge in [-0.2, -0.15) is 0 Å². The van der Waals surface area contributed by atoms with Gasteiger partial charge in [-0.25, -0.2) is 4.79 Å². The molecule has 3 nitrogen and oxygen atoms in total. The highest BCUT2D eigenvalue weighted by molar-refractivity contribution is 7.14. The first-order chi connectivity index (χ1) is 6.50. The zero-order valence-corrected chi connectivity index (χ0v) is 9.72. The van der Waals surface area contributed by atoms with Gasteiger partial charge in [0.05, 0.1) is 12.1 Å². The number of methoxy groups -OCH3 is 1. The van der Waals surface area contributed by atoms with Gasteiger partial charge in [-0.1, -0.05) is 0 Å². The molecule has 4 heteroatoms. The molecule has 1 heterocycles. The average molecular weight is 213 g/mol. The summed E-state index contributed by atoms with van der Waals surface area (Å²) < 4.78 is 4.76. The number of anilines is 1. The summed E-state index contributed by atoms with van der Waals surface area (Å²) in [5.74, 6) is -0.228. The highest BCUT2D eigenvalue weighted by atomic mass is 32.1. The Kier molecular flexibility index (Phi) is 3.16. The zero-order chi connectivity index (χ0) is 10.8. The molecule has 0 aliphatic heterocycles. The van der Waals surface area contributed by atoms with Crippen molar-refractivity contribution in [3.8, 4) is 0 Å². The summed E-state index contributed by atoms with van der Waals surface area (Å²) in [6.07, 6.45) is 0. The van der Waals surface area contributed by atoms with Crippen LogP contribution in [0.4, 0.5) is 5.00 Å². The summed E-state index contributed by atoms with van der Waals surface area (Å²) >= 11 is 1.60. The number of rotatable bonds is 3. The van der Waals surface area contributed by atoms with Crippen molar-refractivity contribution in [2.45, 2.75) is 19.4 Å². The fourth-order valence-electron chi connectivity index (χ4n) is 1.12. The summed E-state index contributed by atoms with van der Waals surface area (Å²) in [5.41, 5.74) is -0.625. The molecule has 0 saturated heterocycles. The van der Waals surface area contributed by atoms with E-state index >= 15 is 0 Å². The van der Waals surface area contributed by atoms with Crippen LogP contribution in [-0.4, -0.2) is 25.7 Å². The Bertz CT molecular complexity index is 306. The topological polar surface area (TPSA) is 29.5 Å². The lowest BCUT2D eigenvalue weighted by atomic mass is 10.0. The molecule has 1 aromatic rings. The predicted octanol–water partition coefficient (Wildman–Crippen LogP) is 2.14. The van der Waals surface area contributed by atoms with Crippen molar-refractivity contribution in [3.63, 3.8) is 0 Å². The first-order valence-corrected chi connectivity index (χ1v) is 5.24. The van der Waals surface area contributed by atoms with Crippen LogP contribution >= 0.6 is 11.3 Å². The number of thiophene rings is 1. The molecule has 0 aliphatic rings. The molecule has 0 N–H and O–H groups in total. The van der Waals surface area contributed by atoms with Crippen molar-refractivity contribution in [1.82, 2.24) is 0 Å². The van der Waals surface area contributed by atoms with Crippen molar-refractivity contribution in [3.05, 3.63) is 17.5 Å². The van der Waals surface area contributed by atoms with E-state index in [0.29, 0.717) is 0 Å². The van der Waals surface area contributed by atoms with Crippen molar-refractivity contribution in [2.24, 2.45) is 0 Å². The number of nitrogens with zero attached hydrogens (tertiary/aromatic N) is 1. The number of carbonyl (C=O) groups excluding carboxylic acids is 1. The SMILES string of the molecule is COC(=O)C(C)(C)N(C)c1cccs1. The van der Waals surface area contributed by atoms with Crippen LogP contribution in [0, 0.1) is 0 Å². The molecule has 0 aromatic carbocycles. The Balaban J connectivity index is 2.88. The second-order valence-electron chi connectivity index (χ2n) is 3.56. The van der Waals surface area contributed by atoms with Crippen molar-refractivity contribution < 1.29 is 9.53 Å². The molecule has 1 aromatic heterocycles. The molecule has 0 unspecified atom stereocenters. The van der Waals surface area contributed by atoms with Crippen LogP contribution in [0.3, 0.4) is 0 Å². The highest BCUT2D eigenvalue weighted by Gasteiger charge is 2.33. The number of esters is 1. The second kappa shape index (κ2) is 4.00. The smallest absolute Gasteiger partial charge is 0.331 e. The summed E-state index contributed by atoms with van der Waals surface area (Å²) in [4.78, 5) is 13.4. The van der Waals surface area contributed by atoms with Gasteiger partial charge in [-0.05, 0) is 31.4 Å². The van der Waals surface area contributed by atoms with E-state index in [0.717, 1.165) is 5.00 Å². The summed E-state index contributed by atoms with van der Waals surface area (Å²) in [7, 11) is 3.30. The lowest BCUT2D eigenvalue weighted by Gasteiger charge is -2.33. The molecule has 0 bridgehead atoms. The Hall–Kier alpha value is -1.03. The van der Waals surface area contributed by atoms with Gasteiger partial charge in [0.1, 0.15) is 5.54 Å². The molecule has 14 heavy (non-hydrogen) atoms. The van der Waals surface area contributed by atoms with Crippen LogP contribution in [0.15, 0.2) is 17.5 Å². The lowest BCUT2D eigenvalue weighted by Crippen LogP contribution is -2.48. The second-order valence-corrected chi connectivity index (χ2v) is 4.49. The van der Waals surface area contributed by atoms with Crippen LogP contribution in [0.1, 0.15) is 13.8 Å². The number of carbonyl (C=O) groups is 1. The van der Waals surface area contributed by atoms with Gasteiger partial charge >= 0.3 is 5.97 Å². The fourth-order valence-corrected chi connectivity index (χ4v) is 1.96. The number of hydrogen-bond acceptors (Lipinski definition) is 4. The van der Waals surface area contributed by atoms with E-state index in [9.17, 15) is 4.79 Å². The maximum absolute atomic E-state index is 11.5. The van der Waals surface area contributed by atoms with Crippen LogP contribution in [0.5, 0.6) is 0 Å².